The molecule has 1 aliphatic rings. The number of fused-ring (bicyclic) bond motifs is 1. The number of ketones is 1. The maximum Gasteiger partial charge on any atom is 0.251 e. The standard InChI is InChI=1S/C40H51N5O12.ClH/c1-50-35-10-9-34(57-22-21-56-20-19-55-18-17-54-16-15-53-14-13-52-12-11-46)36(38(35)51-2)37(47)27-3-5-28(6-4-27)39(48)43-32-25-41-26-33(32)44-40(49)29-7-8-30-24-42-45-31(30)23-29;/h3-10,23-24,32-33,41,46H,11-22,25-26H2,1-2H3,(H,42,45)(H,43,48)(H,44,49);1H/t32-,33-;/m1./s1. The van der Waals surface area contributed by atoms with Crippen molar-refractivity contribution in [3.63, 3.8) is 0 Å². The predicted octanol–water partition coefficient (Wildman–Crippen LogP) is 2.19. The van der Waals surface area contributed by atoms with Crippen LogP contribution in [0.3, 0.4) is 0 Å². The van der Waals surface area contributed by atoms with Gasteiger partial charge in [-0.3, -0.25) is 19.5 Å². The first-order valence-corrected chi connectivity index (χ1v) is 18.7. The predicted molar refractivity (Wildman–Crippen MR) is 215 cm³/mol. The fourth-order valence-electron chi connectivity index (χ4n) is 5.98. The fraction of sp³-hybridized carbons (Fsp3) is 0.450. The number of nitrogens with one attached hydrogen (secondary N) is 4. The van der Waals surface area contributed by atoms with E-state index in [4.69, 9.17) is 43.0 Å². The van der Waals surface area contributed by atoms with Crippen molar-refractivity contribution in [1.29, 1.82) is 0 Å². The Labute approximate surface area is 342 Å². The summed E-state index contributed by atoms with van der Waals surface area (Å²) in [5.41, 5.74) is 2.06. The largest absolute Gasteiger partial charge is 0.493 e. The van der Waals surface area contributed by atoms with Crippen LogP contribution in [-0.4, -0.2) is 152 Å². The summed E-state index contributed by atoms with van der Waals surface area (Å²) in [6.45, 7) is 4.95. The molecule has 1 fully saturated rings. The van der Waals surface area contributed by atoms with Gasteiger partial charge in [-0.1, -0.05) is 18.2 Å². The van der Waals surface area contributed by atoms with Crippen LogP contribution in [0, 0.1) is 0 Å². The molecule has 0 saturated carbocycles. The van der Waals surface area contributed by atoms with Gasteiger partial charge in [0, 0.05) is 35.2 Å². The van der Waals surface area contributed by atoms with E-state index in [-0.39, 0.29) is 79.0 Å². The van der Waals surface area contributed by atoms with E-state index in [2.05, 4.69) is 26.1 Å². The first kappa shape index (κ1) is 45.8. The molecule has 1 aliphatic heterocycles. The van der Waals surface area contributed by atoms with E-state index in [1.807, 2.05) is 6.07 Å². The van der Waals surface area contributed by atoms with Gasteiger partial charge in [0.2, 0.25) is 5.78 Å². The highest BCUT2D eigenvalue weighted by molar-refractivity contribution is 6.13. The van der Waals surface area contributed by atoms with Crippen LogP contribution in [0.2, 0.25) is 0 Å². The van der Waals surface area contributed by atoms with Gasteiger partial charge in [0.15, 0.2) is 11.5 Å². The van der Waals surface area contributed by atoms with E-state index in [0.29, 0.717) is 95.0 Å². The van der Waals surface area contributed by atoms with Crippen LogP contribution >= 0.6 is 12.4 Å². The number of H-pyrrole nitrogens is 1. The van der Waals surface area contributed by atoms with Crippen molar-refractivity contribution in [1.82, 2.24) is 26.1 Å². The lowest BCUT2D eigenvalue weighted by Gasteiger charge is -2.21. The zero-order valence-electron chi connectivity index (χ0n) is 32.6. The number of ether oxygens (including phenoxy) is 8. The van der Waals surface area contributed by atoms with Gasteiger partial charge in [0.05, 0.1) is 111 Å². The molecule has 2 heterocycles. The monoisotopic (exact) mass is 829 g/mol. The Balaban J connectivity index is 0.00000744. The SMILES string of the molecule is COc1ccc(OCCOCCOCCOCCOCCOCCO)c(C(=O)c2ccc(C(=O)N[C@@H]3CNC[C@H]3NC(=O)c3ccc4cn[nH]c4c3)cc2)c1OC.Cl. The number of carbonyl (C=O) groups is 3. The lowest BCUT2D eigenvalue weighted by molar-refractivity contribution is -0.0146. The molecule has 1 aromatic heterocycles. The van der Waals surface area contributed by atoms with E-state index >= 15 is 0 Å². The van der Waals surface area contributed by atoms with Crippen LogP contribution in [0.15, 0.2) is 60.8 Å². The maximum atomic E-state index is 13.9. The quantitative estimate of drug-likeness (QED) is 0.0454. The van der Waals surface area contributed by atoms with Crippen molar-refractivity contribution in [3.05, 3.63) is 83.0 Å². The Morgan fingerprint density at radius 1 is 0.672 bits per heavy atom. The number of benzene rings is 3. The zero-order valence-corrected chi connectivity index (χ0v) is 33.4. The molecule has 0 radical (unpaired) electrons. The first-order valence-electron chi connectivity index (χ1n) is 18.7. The summed E-state index contributed by atoms with van der Waals surface area (Å²) < 4.78 is 44.1. The maximum absolute atomic E-state index is 13.9. The summed E-state index contributed by atoms with van der Waals surface area (Å²) in [7, 11) is 2.92. The molecule has 0 unspecified atom stereocenters. The van der Waals surface area contributed by atoms with Crippen molar-refractivity contribution >= 4 is 40.9 Å². The molecule has 0 aliphatic carbocycles. The number of carbonyl (C=O) groups excluding carboxylic acids is 3. The molecule has 18 heteroatoms. The van der Waals surface area contributed by atoms with E-state index < -0.39 is 0 Å². The van der Waals surface area contributed by atoms with Crippen molar-refractivity contribution in [3.8, 4) is 17.2 Å². The number of aromatic amines is 1. The number of hydrogen-bond donors (Lipinski definition) is 5. The van der Waals surface area contributed by atoms with Crippen molar-refractivity contribution < 1.29 is 57.4 Å². The van der Waals surface area contributed by atoms with Crippen LogP contribution in [0.4, 0.5) is 0 Å². The normalized spacial score (nSPS) is 14.8. The zero-order chi connectivity index (χ0) is 40.2. The number of nitrogens with zero attached hydrogens (tertiary/aromatic N) is 1. The summed E-state index contributed by atoms with van der Waals surface area (Å²) in [6.07, 6.45) is 1.69. The van der Waals surface area contributed by atoms with Crippen LogP contribution < -0.4 is 30.2 Å². The number of aliphatic hydroxyl groups excluding tert-OH is 1. The van der Waals surface area contributed by atoms with E-state index in [9.17, 15) is 14.4 Å². The molecule has 3 aromatic carbocycles. The molecule has 0 bridgehead atoms. The summed E-state index contributed by atoms with van der Waals surface area (Å²) in [5.74, 6) is -0.146. The summed E-state index contributed by atoms with van der Waals surface area (Å²) in [4.78, 5) is 40.3. The fourth-order valence-corrected chi connectivity index (χ4v) is 5.98. The highest BCUT2D eigenvalue weighted by Crippen LogP contribution is 2.39. The molecular weight excluding hydrogens is 778 g/mol. The first-order chi connectivity index (χ1) is 27.9. The van der Waals surface area contributed by atoms with Gasteiger partial charge in [-0.15, -0.1) is 12.4 Å². The topological polar surface area (TPSA) is 210 Å². The minimum absolute atomic E-state index is 0. The van der Waals surface area contributed by atoms with E-state index in [1.54, 1.807) is 54.7 Å². The second-order valence-corrected chi connectivity index (χ2v) is 12.7. The number of aliphatic hydroxyl groups is 1. The molecular formula is C40H52ClN5O12. The number of halogens is 1. The average molecular weight is 830 g/mol. The van der Waals surface area contributed by atoms with Crippen LogP contribution in [0.25, 0.3) is 10.9 Å². The molecule has 5 N–H and O–H groups in total. The summed E-state index contributed by atoms with van der Waals surface area (Å²) in [6, 6.07) is 14.2. The molecule has 2 amide bonds. The molecule has 5 rings (SSSR count). The van der Waals surface area contributed by atoms with Gasteiger partial charge in [-0.2, -0.15) is 5.10 Å². The minimum atomic E-state index is -0.390. The average Bonchev–Trinajstić information content (AvgIpc) is 3.90. The molecule has 2 atom stereocenters. The summed E-state index contributed by atoms with van der Waals surface area (Å²) in [5, 5.41) is 25.7. The number of rotatable bonds is 26. The lowest BCUT2D eigenvalue weighted by atomic mass is 9.99. The summed E-state index contributed by atoms with van der Waals surface area (Å²) >= 11 is 0. The van der Waals surface area contributed by atoms with Gasteiger partial charge >= 0.3 is 0 Å². The number of amides is 2. The van der Waals surface area contributed by atoms with Crippen molar-refractivity contribution in [2.45, 2.75) is 12.1 Å². The third-order valence-electron chi connectivity index (χ3n) is 8.90. The molecule has 1 saturated heterocycles. The van der Waals surface area contributed by atoms with Crippen molar-refractivity contribution in [2.24, 2.45) is 0 Å². The van der Waals surface area contributed by atoms with E-state index in [0.717, 1.165) is 10.9 Å². The van der Waals surface area contributed by atoms with Crippen LogP contribution in [0.1, 0.15) is 36.6 Å². The smallest absolute Gasteiger partial charge is 0.251 e. The van der Waals surface area contributed by atoms with Crippen molar-refractivity contribution in [2.75, 3.05) is 107 Å². The Hall–Kier alpha value is -4.85. The number of hydrogen-bond acceptors (Lipinski definition) is 14. The second kappa shape index (κ2) is 24.8. The van der Waals surface area contributed by atoms with Crippen LogP contribution in [-0.2, 0) is 23.7 Å². The third-order valence-corrected chi connectivity index (χ3v) is 8.90. The number of aromatic nitrogens is 2. The Morgan fingerprint density at radius 3 is 1.76 bits per heavy atom. The highest BCUT2D eigenvalue weighted by Gasteiger charge is 2.31. The number of methoxy groups -OCH3 is 2. The minimum Gasteiger partial charge on any atom is -0.493 e. The molecule has 4 aromatic rings. The molecule has 316 valence electrons. The third kappa shape index (κ3) is 13.4. The lowest BCUT2D eigenvalue weighted by Crippen LogP contribution is -2.51. The highest BCUT2D eigenvalue weighted by atomic mass is 35.5. The molecule has 58 heavy (non-hydrogen) atoms. The Morgan fingerprint density at radius 2 is 1.19 bits per heavy atom. The second-order valence-electron chi connectivity index (χ2n) is 12.7. The van der Waals surface area contributed by atoms with Gasteiger partial charge in [0.1, 0.15) is 17.9 Å². The Bertz CT molecular complexity index is 1880. The van der Waals surface area contributed by atoms with E-state index in [1.165, 1.54) is 14.2 Å². The van der Waals surface area contributed by atoms with Gasteiger partial charge in [0.25, 0.3) is 11.8 Å². The van der Waals surface area contributed by atoms with Gasteiger partial charge in [-0.05, 0) is 36.4 Å². The molecule has 0 spiro atoms. The van der Waals surface area contributed by atoms with Gasteiger partial charge in [-0.25, -0.2) is 0 Å². The van der Waals surface area contributed by atoms with Crippen LogP contribution in [0.5, 0.6) is 17.2 Å². The van der Waals surface area contributed by atoms with Gasteiger partial charge < -0.3 is 59.0 Å². The Kier molecular flexibility index (Phi) is 19.6. The molecule has 17 nitrogen and oxygen atoms in total.